The van der Waals surface area contributed by atoms with E-state index in [2.05, 4.69) is 35.9 Å². The van der Waals surface area contributed by atoms with Gasteiger partial charge in [0.05, 0.1) is 51.9 Å². The molecule has 0 radical (unpaired) electrons. The number of halogens is 3. The highest BCUT2D eigenvalue weighted by atomic mass is 32.2. The van der Waals surface area contributed by atoms with Crippen molar-refractivity contribution in [3.05, 3.63) is 123 Å². The number of H-pyrrole nitrogens is 1. The highest BCUT2D eigenvalue weighted by molar-refractivity contribution is 7.90. The summed E-state index contributed by atoms with van der Waals surface area (Å²) in [5.74, 6) is -2.81. The summed E-state index contributed by atoms with van der Waals surface area (Å²) in [6.07, 6.45) is 7.26. The van der Waals surface area contributed by atoms with E-state index in [0.29, 0.717) is 68.1 Å². The quantitative estimate of drug-likeness (QED) is 0.0727. The molecule has 4 atom stereocenters. The molecule has 5 fully saturated rings. The summed E-state index contributed by atoms with van der Waals surface area (Å²) in [6.45, 7) is 9.11. The van der Waals surface area contributed by atoms with Gasteiger partial charge in [-0.05, 0) is 106 Å². The third-order valence-electron chi connectivity index (χ3n) is 17.9. The van der Waals surface area contributed by atoms with Gasteiger partial charge in [-0.2, -0.15) is 4.98 Å². The Kier molecular flexibility index (Phi) is 14.6. The molecule has 6 aromatic rings. The van der Waals surface area contributed by atoms with Crippen LogP contribution in [-0.2, 0) is 26.0 Å². The lowest BCUT2D eigenvalue weighted by Crippen LogP contribution is -2.60. The number of anilines is 4. The van der Waals surface area contributed by atoms with Gasteiger partial charge in [-0.15, -0.1) is 0 Å². The first-order valence-corrected chi connectivity index (χ1v) is 30.1. The van der Waals surface area contributed by atoms with Crippen molar-refractivity contribution in [2.24, 2.45) is 11.3 Å². The summed E-state index contributed by atoms with van der Waals surface area (Å²) in [5, 5.41) is 16.5. The number of rotatable bonds is 13. The van der Waals surface area contributed by atoms with E-state index in [1.54, 1.807) is 23.2 Å². The number of aromatic nitrogens is 3. The molecule has 3 aromatic heterocycles. The van der Waals surface area contributed by atoms with E-state index in [1.165, 1.54) is 18.3 Å². The van der Waals surface area contributed by atoms with E-state index >= 15 is 4.39 Å². The van der Waals surface area contributed by atoms with E-state index in [4.69, 9.17) is 28.7 Å². The van der Waals surface area contributed by atoms with Crippen molar-refractivity contribution in [2.45, 2.75) is 107 Å². The SMILES string of the molecule is CC(C)Oc1ccccc1[C@@H]1CN(Cc2ccc(F)c(F)c2)CCN1C1CC2(CCN(c3ncc(C(=O)NS(=O)(=O)c4cc5c(c([N+](=O)[O-])c4)N[C@H](C4CCOCC4)CO5)c(N4c5cc6cc[nH]c6nc5O[C@H]5COCC[C@@H]54)c3F)CC2)C1. The number of piperazine rings is 1. The Bertz CT molecular complexity index is 3590. The molecule has 13 rings (SSSR count). The van der Waals surface area contributed by atoms with Crippen LogP contribution >= 0.6 is 0 Å². The van der Waals surface area contributed by atoms with Crippen molar-refractivity contribution < 1.29 is 55.0 Å². The smallest absolute Gasteiger partial charge is 0.297 e. The van der Waals surface area contributed by atoms with Crippen LogP contribution in [0.15, 0.2) is 84.0 Å². The summed E-state index contributed by atoms with van der Waals surface area (Å²) in [7, 11) is -4.90. The minimum absolute atomic E-state index is 0.00883. The van der Waals surface area contributed by atoms with Crippen molar-refractivity contribution in [3.8, 4) is 17.4 Å². The third-order valence-corrected chi connectivity index (χ3v) is 19.2. The normalized spacial score (nSPS) is 23.1. The highest BCUT2D eigenvalue weighted by Gasteiger charge is 2.51. The van der Waals surface area contributed by atoms with Crippen molar-refractivity contribution in [1.29, 1.82) is 0 Å². The van der Waals surface area contributed by atoms with Crippen molar-refractivity contribution in [2.75, 3.05) is 80.9 Å². The second-order valence-corrected chi connectivity index (χ2v) is 25.0. The molecule has 4 saturated heterocycles. The van der Waals surface area contributed by atoms with E-state index in [9.17, 15) is 32.1 Å². The average Bonchev–Trinajstić information content (AvgIpc) is 4.17. The van der Waals surface area contributed by atoms with Crippen LogP contribution in [0.25, 0.3) is 11.0 Å². The van der Waals surface area contributed by atoms with Crippen LogP contribution in [0.1, 0.15) is 86.3 Å². The molecular weight excluding hydrogens is 1100 g/mol. The molecular formula is C59H65F3N10O10S. The van der Waals surface area contributed by atoms with Gasteiger partial charge < -0.3 is 43.8 Å². The van der Waals surface area contributed by atoms with Gasteiger partial charge in [-0.1, -0.05) is 24.3 Å². The first-order valence-electron chi connectivity index (χ1n) is 28.6. The Morgan fingerprint density at radius 1 is 0.952 bits per heavy atom. The lowest BCUT2D eigenvalue weighted by Gasteiger charge is -2.58. The molecule has 1 saturated carbocycles. The maximum atomic E-state index is 18.4. The van der Waals surface area contributed by atoms with Crippen LogP contribution in [-0.4, -0.2) is 140 Å². The van der Waals surface area contributed by atoms with Gasteiger partial charge in [-0.3, -0.25) is 24.7 Å². The number of para-hydroxylation sites is 1. The van der Waals surface area contributed by atoms with Crippen LogP contribution < -0.4 is 34.0 Å². The number of carbonyl (C=O) groups excluding carboxylic acids is 1. The zero-order valence-corrected chi connectivity index (χ0v) is 46.8. The van der Waals surface area contributed by atoms with Crippen LogP contribution in [0, 0.1) is 38.9 Å². The Hall–Kier alpha value is -7.25. The Morgan fingerprint density at radius 2 is 1.75 bits per heavy atom. The Labute approximate surface area is 477 Å². The fourth-order valence-corrected chi connectivity index (χ4v) is 14.7. The summed E-state index contributed by atoms with van der Waals surface area (Å²) in [5.41, 5.74) is 1.44. The zero-order valence-electron chi connectivity index (χ0n) is 46.0. The predicted molar refractivity (Wildman–Crippen MR) is 300 cm³/mol. The minimum atomic E-state index is -4.90. The molecule has 20 nitrogen and oxygen atoms in total. The molecule has 1 spiro atoms. The van der Waals surface area contributed by atoms with Gasteiger partial charge in [0.25, 0.3) is 21.6 Å². The number of nitrogens with one attached hydrogen (secondary N) is 3. The summed E-state index contributed by atoms with van der Waals surface area (Å²) in [4.78, 5) is 47.0. The fraction of sp³-hybridized carbons (Fsp3) is 0.475. The molecule has 83 heavy (non-hydrogen) atoms. The Balaban J connectivity index is 0.786. The number of amides is 1. The zero-order chi connectivity index (χ0) is 57.3. The van der Waals surface area contributed by atoms with Crippen LogP contribution in [0.4, 0.5) is 41.7 Å². The van der Waals surface area contributed by atoms with Crippen molar-refractivity contribution in [1.82, 2.24) is 29.5 Å². The molecule has 6 aliphatic heterocycles. The molecule has 24 heteroatoms. The first kappa shape index (κ1) is 55.0. The van der Waals surface area contributed by atoms with Gasteiger partial charge in [0.2, 0.25) is 5.88 Å². The second-order valence-electron chi connectivity index (χ2n) is 23.4. The molecule has 3 aromatic carbocycles. The lowest BCUT2D eigenvalue weighted by atomic mass is 9.59. The van der Waals surface area contributed by atoms with Gasteiger partial charge in [-0.25, -0.2) is 31.3 Å². The topological polar surface area (TPSA) is 219 Å². The number of aromatic amines is 1. The van der Waals surface area contributed by atoms with E-state index < -0.39 is 66.6 Å². The molecule has 0 bridgehead atoms. The van der Waals surface area contributed by atoms with E-state index in [0.717, 1.165) is 75.1 Å². The monoisotopic (exact) mass is 1160 g/mol. The lowest BCUT2D eigenvalue weighted by molar-refractivity contribution is -0.384. The summed E-state index contributed by atoms with van der Waals surface area (Å²) >= 11 is 0. The maximum absolute atomic E-state index is 18.4. The van der Waals surface area contributed by atoms with Crippen LogP contribution in [0.5, 0.6) is 17.4 Å². The highest BCUT2D eigenvalue weighted by Crippen LogP contribution is 2.54. The van der Waals surface area contributed by atoms with Gasteiger partial charge in [0.1, 0.15) is 29.8 Å². The fourth-order valence-electron chi connectivity index (χ4n) is 13.7. The van der Waals surface area contributed by atoms with Crippen LogP contribution in [0.2, 0.25) is 0 Å². The number of hydrogen-bond acceptors (Lipinski definition) is 17. The number of nitro benzene ring substituents is 1. The molecule has 7 aliphatic rings. The number of hydrogen-bond donors (Lipinski definition) is 3. The standard InChI is InChI=1S/C59H65F3N10O10S/c1-34(2)81-49-6-4-3-5-40(49)48-31-68(30-35-7-8-42(60)43(61)23-35)18-19-70(48)38-27-59(28-38)13-16-69(17-14-59)56-52(62)54(71-45-12-22-79-33-51(45)82-58-47(71)24-37-9-15-63-55(37)66-58)41(29-64-56)57(73)67-83(76,77)39-25-46(72(74)75)53-50(26-39)80-32-44(65-53)36-10-20-78-21-11-36/h3-9,15,23-26,29,34,36,38,44-45,48,51,65H,10-14,16-22,27-28,30-33H2,1-2H3,(H,63,66)(H,67,73)/t44-,45-,48-,51-/m0/s1. The number of ether oxygens (including phenoxy) is 5. The van der Waals surface area contributed by atoms with E-state index in [1.807, 2.05) is 43.0 Å². The molecule has 1 aliphatic carbocycles. The largest absolute Gasteiger partial charge is 0.491 e. The summed E-state index contributed by atoms with van der Waals surface area (Å²) in [6, 6.07) is 17.1. The average molecular weight is 1160 g/mol. The Morgan fingerprint density at radius 3 is 2.53 bits per heavy atom. The van der Waals surface area contributed by atoms with Crippen molar-refractivity contribution >= 4 is 55.5 Å². The third kappa shape index (κ3) is 10.5. The number of nitrogens with zero attached hydrogens (tertiary/aromatic N) is 7. The number of benzene rings is 3. The number of carbonyl (C=O) groups is 1. The minimum Gasteiger partial charge on any atom is -0.491 e. The van der Waals surface area contributed by atoms with Gasteiger partial charge >= 0.3 is 0 Å². The number of fused-ring (bicyclic) bond motifs is 4. The number of nitro groups is 1. The maximum Gasteiger partial charge on any atom is 0.297 e. The predicted octanol–water partition coefficient (Wildman–Crippen LogP) is 8.78. The number of sulfonamides is 1. The van der Waals surface area contributed by atoms with Gasteiger partial charge in [0.15, 0.2) is 34.7 Å². The molecule has 0 unspecified atom stereocenters. The molecule has 438 valence electrons. The number of pyridine rings is 2. The summed E-state index contributed by atoms with van der Waals surface area (Å²) < 4.78 is 108. The molecule has 9 heterocycles. The molecule has 1 amide bonds. The molecule has 3 N–H and O–H groups in total. The number of piperidine rings is 1. The van der Waals surface area contributed by atoms with Gasteiger partial charge in [0, 0.05) is 101 Å². The van der Waals surface area contributed by atoms with Crippen LogP contribution in [0.3, 0.4) is 0 Å². The van der Waals surface area contributed by atoms with Crippen molar-refractivity contribution in [3.63, 3.8) is 0 Å². The second kappa shape index (κ2) is 22.1. The van der Waals surface area contributed by atoms with E-state index in [-0.39, 0.29) is 84.2 Å². The first-order chi connectivity index (χ1) is 40.1.